The maximum atomic E-state index is 11.3. The topological polar surface area (TPSA) is 41.5 Å². The van der Waals surface area contributed by atoms with Crippen LogP contribution in [-0.4, -0.2) is 18.4 Å². The molecule has 0 saturated carbocycles. The highest BCUT2D eigenvalue weighted by molar-refractivity contribution is 7.98. The van der Waals surface area contributed by atoms with Crippen LogP contribution in [0.4, 0.5) is 0 Å². The molecular weight excluding hydrogens is 232 g/mol. The number of rotatable bonds is 5. The van der Waals surface area contributed by atoms with Crippen molar-refractivity contribution in [3.8, 4) is 0 Å². The van der Waals surface area contributed by atoms with Crippen LogP contribution < -0.4 is 5.43 Å². The van der Waals surface area contributed by atoms with Gasteiger partial charge in [-0.15, -0.1) is 11.8 Å². The molecule has 0 aliphatic carbocycles. The van der Waals surface area contributed by atoms with Crippen molar-refractivity contribution in [1.29, 1.82) is 0 Å². The van der Waals surface area contributed by atoms with E-state index >= 15 is 0 Å². The summed E-state index contributed by atoms with van der Waals surface area (Å²) in [7, 11) is 0. The van der Waals surface area contributed by atoms with Crippen LogP contribution in [0.5, 0.6) is 0 Å². The van der Waals surface area contributed by atoms with E-state index in [1.54, 1.807) is 18.0 Å². The first-order valence-corrected chi connectivity index (χ1v) is 6.80. The Labute approximate surface area is 107 Å². The molecule has 1 rings (SSSR count). The van der Waals surface area contributed by atoms with Crippen LogP contribution in [0, 0.1) is 5.92 Å². The second-order valence-corrected chi connectivity index (χ2v) is 5.04. The van der Waals surface area contributed by atoms with E-state index in [9.17, 15) is 4.79 Å². The van der Waals surface area contributed by atoms with E-state index < -0.39 is 0 Å². The standard InChI is InChI=1S/C13H18N2OS/c1-10(2)8-13(16)15-14-9-11-4-6-12(17-3)7-5-11/h4-7,9-10H,8H2,1-3H3,(H,15,16). The van der Waals surface area contributed by atoms with Crippen molar-refractivity contribution in [1.82, 2.24) is 5.43 Å². The van der Waals surface area contributed by atoms with Crippen LogP contribution in [0.3, 0.4) is 0 Å². The SMILES string of the molecule is CSc1ccc(C=NNC(=O)CC(C)C)cc1. The van der Waals surface area contributed by atoms with Gasteiger partial charge < -0.3 is 0 Å². The Morgan fingerprint density at radius 2 is 2.06 bits per heavy atom. The molecule has 1 aromatic rings. The normalized spacial score (nSPS) is 11.1. The number of hydrogen-bond acceptors (Lipinski definition) is 3. The van der Waals surface area contributed by atoms with Crippen LogP contribution in [0.15, 0.2) is 34.3 Å². The van der Waals surface area contributed by atoms with Gasteiger partial charge in [0.1, 0.15) is 0 Å². The summed E-state index contributed by atoms with van der Waals surface area (Å²) in [4.78, 5) is 12.5. The molecule has 0 aliphatic rings. The minimum absolute atomic E-state index is 0.0445. The van der Waals surface area contributed by atoms with Crippen LogP contribution in [0.25, 0.3) is 0 Å². The molecule has 0 atom stereocenters. The largest absolute Gasteiger partial charge is 0.273 e. The monoisotopic (exact) mass is 250 g/mol. The number of amides is 1. The molecule has 0 bridgehead atoms. The second kappa shape index (κ2) is 7.12. The van der Waals surface area contributed by atoms with Crippen LogP contribution in [0.1, 0.15) is 25.8 Å². The quantitative estimate of drug-likeness (QED) is 0.496. The summed E-state index contributed by atoms with van der Waals surface area (Å²) in [5.74, 6) is 0.308. The molecule has 0 unspecified atom stereocenters. The van der Waals surface area contributed by atoms with Gasteiger partial charge in [-0.05, 0) is 29.9 Å². The molecular formula is C13H18N2OS. The fourth-order valence-electron chi connectivity index (χ4n) is 1.29. The lowest BCUT2D eigenvalue weighted by atomic mass is 10.1. The lowest BCUT2D eigenvalue weighted by Crippen LogP contribution is -2.19. The molecule has 17 heavy (non-hydrogen) atoms. The first-order chi connectivity index (χ1) is 8.11. The van der Waals surface area contributed by atoms with Crippen molar-refractivity contribution in [3.05, 3.63) is 29.8 Å². The average Bonchev–Trinajstić information content (AvgIpc) is 2.29. The highest BCUT2D eigenvalue weighted by Gasteiger charge is 2.02. The smallest absolute Gasteiger partial charge is 0.240 e. The summed E-state index contributed by atoms with van der Waals surface area (Å²) in [5.41, 5.74) is 3.50. The number of benzene rings is 1. The third-order valence-electron chi connectivity index (χ3n) is 2.11. The molecule has 0 radical (unpaired) electrons. The number of thioether (sulfide) groups is 1. The van der Waals surface area contributed by atoms with Gasteiger partial charge >= 0.3 is 0 Å². The lowest BCUT2D eigenvalue weighted by molar-refractivity contribution is -0.121. The van der Waals surface area contributed by atoms with Gasteiger partial charge in [0.15, 0.2) is 0 Å². The Morgan fingerprint density at radius 3 is 2.59 bits per heavy atom. The summed E-state index contributed by atoms with van der Waals surface area (Å²) < 4.78 is 0. The zero-order valence-corrected chi connectivity index (χ0v) is 11.3. The molecule has 1 N–H and O–H groups in total. The third-order valence-corrected chi connectivity index (χ3v) is 2.86. The van der Waals surface area contributed by atoms with E-state index in [1.807, 2.05) is 44.4 Å². The van der Waals surface area contributed by atoms with Gasteiger partial charge in [-0.2, -0.15) is 5.10 Å². The van der Waals surface area contributed by atoms with E-state index in [0.717, 1.165) is 5.56 Å². The zero-order valence-electron chi connectivity index (χ0n) is 10.4. The third kappa shape index (κ3) is 5.54. The highest BCUT2D eigenvalue weighted by atomic mass is 32.2. The molecule has 4 heteroatoms. The fourth-order valence-corrected chi connectivity index (χ4v) is 1.69. The molecule has 0 heterocycles. The number of hydrazone groups is 1. The molecule has 0 aliphatic heterocycles. The van der Waals surface area contributed by atoms with Gasteiger partial charge in [0, 0.05) is 11.3 Å². The Balaban J connectivity index is 2.45. The van der Waals surface area contributed by atoms with Crippen molar-refractivity contribution in [2.75, 3.05) is 6.26 Å². The van der Waals surface area contributed by atoms with Crippen molar-refractivity contribution in [2.45, 2.75) is 25.2 Å². The Bertz CT molecular complexity index is 385. The fraction of sp³-hybridized carbons (Fsp3) is 0.385. The molecule has 0 aromatic heterocycles. The first-order valence-electron chi connectivity index (χ1n) is 5.57. The van der Waals surface area contributed by atoms with E-state index in [1.165, 1.54) is 4.90 Å². The van der Waals surface area contributed by atoms with E-state index in [2.05, 4.69) is 10.5 Å². The van der Waals surface area contributed by atoms with Gasteiger partial charge in [-0.25, -0.2) is 5.43 Å². The van der Waals surface area contributed by atoms with Crippen molar-refractivity contribution in [2.24, 2.45) is 11.0 Å². The lowest BCUT2D eigenvalue weighted by Gasteiger charge is -2.02. The van der Waals surface area contributed by atoms with Gasteiger partial charge in [0.05, 0.1) is 6.21 Å². The molecule has 1 amide bonds. The van der Waals surface area contributed by atoms with E-state index in [4.69, 9.17) is 0 Å². The van der Waals surface area contributed by atoms with E-state index in [-0.39, 0.29) is 5.91 Å². The summed E-state index contributed by atoms with van der Waals surface area (Å²) in [6.07, 6.45) is 4.19. The van der Waals surface area contributed by atoms with Crippen molar-refractivity contribution >= 4 is 23.9 Å². The van der Waals surface area contributed by atoms with Crippen molar-refractivity contribution < 1.29 is 4.79 Å². The average molecular weight is 250 g/mol. The van der Waals surface area contributed by atoms with Gasteiger partial charge in [-0.3, -0.25) is 4.79 Å². The predicted molar refractivity (Wildman–Crippen MR) is 73.4 cm³/mol. The number of carbonyl (C=O) groups is 1. The molecule has 0 saturated heterocycles. The minimum atomic E-state index is -0.0445. The van der Waals surface area contributed by atoms with Gasteiger partial charge in [-0.1, -0.05) is 26.0 Å². The van der Waals surface area contributed by atoms with Crippen molar-refractivity contribution in [3.63, 3.8) is 0 Å². The number of hydrogen-bond donors (Lipinski definition) is 1. The summed E-state index contributed by atoms with van der Waals surface area (Å²) in [5, 5.41) is 3.92. The zero-order chi connectivity index (χ0) is 12.7. The first kappa shape index (κ1) is 13.8. The predicted octanol–water partition coefficient (Wildman–Crippen LogP) is 2.90. The number of nitrogens with one attached hydrogen (secondary N) is 1. The molecule has 0 spiro atoms. The summed E-state index contributed by atoms with van der Waals surface area (Å²) in [6.45, 7) is 4.01. The number of carbonyl (C=O) groups excluding carboxylic acids is 1. The second-order valence-electron chi connectivity index (χ2n) is 4.16. The molecule has 3 nitrogen and oxygen atoms in total. The highest BCUT2D eigenvalue weighted by Crippen LogP contribution is 2.13. The maximum Gasteiger partial charge on any atom is 0.240 e. The van der Waals surface area contributed by atoms with Crippen LogP contribution in [-0.2, 0) is 4.79 Å². The van der Waals surface area contributed by atoms with E-state index in [0.29, 0.717) is 12.3 Å². The Morgan fingerprint density at radius 1 is 1.41 bits per heavy atom. The number of nitrogens with zero attached hydrogens (tertiary/aromatic N) is 1. The Hall–Kier alpha value is -1.29. The minimum Gasteiger partial charge on any atom is -0.273 e. The molecule has 0 fully saturated rings. The summed E-state index contributed by atoms with van der Waals surface area (Å²) >= 11 is 1.70. The van der Waals surface area contributed by atoms with Crippen LogP contribution >= 0.6 is 11.8 Å². The maximum absolute atomic E-state index is 11.3. The molecule has 92 valence electrons. The van der Waals surface area contributed by atoms with Gasteiger partial charge in [0.2, 0.25) is 5.91 Å². The summed E-state index contributed by atoms with van der Waals surface area (Å²) in [6, 6.07) is 8.01. The molecule has 1 aromatic carbocycles. The van der Waals surface area contributed by atoms with Crippen LogP contribution in [0.2, 0.25) is 0 Å². The Kier molecular flexibility index (Phi) is 5.77. The van der Waals surface area contributed by atoms with Gasteiger partial charge in [0.25, 0.3) is 0 Å².